The Labute approximate surface area is 122 Å². The summed E-state index contributed by atoms with van der Waals surface area (Å²) in [6.07, 6.45) is 0. The van der Waals surface area contributed by atoms with Crippen molar-refractivity contribution in [1.29, 1.82) is 0 Å². The van der Waals surface area contributed by atoms with Crippen molar-refractivity contribution < 1.29 is 14.1 Å². The molecule has 0 aliphatic heterocycles. The van der Waals surface area contributed by atoms with Crippen molar-refractivity contribution in [2.45, 2.75) is 6.54 Å². The molecule has 0 radical (unpaired) electrons. The number of nitro groups is 1. The van der Waals surface area contributed by atoms with Gasteiger partial charge in [0.15, 0.2) is 5.76 Å². The number of nitrogens with one attached hydrogen (secondary N) is 1. The summed E-state index contributed by atoms with van der Waals surface area (Å²) in [5.41, 5.74) is 5.55. The van der Waals surface area contributed by atoms with E-state index in [1.165, 1.54) is 18.2 Å². The monoisotopic (exact) mass is 339 g/mol. The van der Waals surface area contributed by atoms with Crippen LogP contribution in [-0.2, 0) is 6.54 Å². The van der Waals surface area contributed by atoms with Gasteiger partial charge in [-0.15, -0.1) is 0 Å². The lowest BCUT2D eigenvalue weighted by atomic mass is 10.2. The number of hydrogen-bond acceptors (Lipinski definition) is 5. The molecule has 20 heavy (non-hydrogen) atoms. The smallest absolute Gasteiger partial charge is 0.291 e. The molecule has 0 spiro atoms. The van der Waals surface area contributed by atoms with Crippen molar-refractivity contribution in [3.8, 4) is 0 Å². The maximum absolute atomic E-state index is 11.9. The molecule has 1 heterocycles. The Morgan fingerprint density at radius 3 is 2.75 bits per heavy atom. The molecule has 0 fully saturated rings. The summed E-state index contributed by atoms with van der Waals surface area (Å²) in [6.45, 7) is 0.192. The second-order valence-electron chi connectivity index (χ2n) is 3.85. The highest BCUT2D eigenvalue weighted by atomic mass is 79.9. The van der Waals surface area contributed by atoms with Crippen LogP contribution in [0.15, 0.2) is 39.2 Å². The molecular weight excluding hydrogens is 330 g/mol. The van der Waals surface area contributed by atoms with Crippen molar-refractivity contribution >= 4 is 33.2 Å². The number of nitrogens with zero attached hydrogens (tertiary/aromatic N) is 1. The minimum Gasteiger partial charge on any atom is -0.455 e. The number of benzene rings is 1. The standard InChI is InChI=1S/C12H10BrN3O4/c13-9-3-1-7(5-10(9)16(18)19)15-12(17)11-4-2-8(6-14)20-11/h1-5H,6,14H2,(H,15,17). The summed E-state index contributed by atoms with van der Waals surface area (Å²) < 4.78 is 5.53. The third-order valence-corrected chi connectivity index (χ3v) is 3.16. The Hall–Kier alpha value is -2.19. The Bertz CT molecular complexity index is 668. The maximum Gasteiger partial charge on any atom is 0.291 e. The molecule has 8 heteroatoms. The predicted molar refractivity (Wildman–Crippen MR) is 75.3 cm³/mol. The average molecular weight is 340 g/mol. The zero-order valence-electron chi connectivity index (χ0n) is 10.1. The lowest BCUT2D eigenvalue weighted by molar-refractivity contribution is -0.385. The first-order chi connectivity index (χ1) is 9.51. The van der Waals surface area contributed by atoms with E-state index < -0.39 is 10.8 Å². The molecule has 3 N–H and O–H groups in total. The summed E-state index contributed by atoms with van der Waals surface area (Å²) >= 11 is 3.07. The molecule has 0 saturated carbocycles. The first-order valence-electron chi connectivity index (χ1n) is 5.55. The van der Waals surface area contributed by atoms with Gasteiger partial charge in [-0.05, 0) is 40.2 Å². The van der Waals surface area contributed by atoms with Crippen LogP contribution in [0.25, 0.3) is 0 Å². The topological polar surface area (TPSA) is 111 Å². The minimum absolute atomic E-state index is 0.0935. The highest BCUT2D eigenvalue weighted by Crippen LogP contribution is 2.28. The van der Waals surface area contributed by atoms with E-state index in [0.717, 1.165) is 0 Å². The molecule has 0 saturated heterocycles. The number of carbonyl (C=O) groups is 1. The van der Waals surface area contributed by atoms with E-state index in [2.05, 4.69) is 21.2 Å². The van der Waals surface area contributed by atoms with Crippen LogP contribution in [0.2, 0.25) is 0 Å². The van der Waals surface area contributed by atoms with Gasteiger partial charge in [0, 0.05) is 11.8 Å². The summed E-state index contributed by atoms with van der Waals surface area (Å²) in [5, 5.41) is 13.3. The van der Waals surface area contributed by atoms with Gasteiger partial charge in [0.25, 0.3) is 11.6 Å². The number of amides is 1. The van der Waals surface area contributed by atoms with Crippen LogP contribution < -0.4 is 11.1 Å². The molecule has 0 unspecified atom stereocenters. The van der Waals surface area contributed by atoms with Crippen LogP contribution in [-0.4, -0.2) is 10.8 Å². The number of nitrogens with two attached hydrogens (primary N) is 1. The van der Waals surface area contributed by atoms with Crippen LogP contribution in [0.3, 0.4) is 0 Å². The third kappa shape index (κ3) is 3.03. The molecule has 7 nitrogen and oxygen atoms in total. The van der Waals surface area contributed by atoms with Crippen molar-refractivity contribution in [3.63, 3.8) is 0 Å². The van der Waals surface area contributed by atoms with E-state index in [9.17, 15) is 14.9 Å². The summed E-state index contributed by atoms with van der Waals surface area (Å²) in [4.78, 5) is 22.1. The van der Waals surface area contributed by atoms with Gasteiger partial charge in [0.1, 0.15) is 5.76 Å². The molecule has 1 amide bonds. The van der Waals surface area contributed by atoms with Crippen molar-refractivity contribution in [2.24, 2.45) is 5.73 Å². The number of nitro benzene ring substituents is 1. The molecule has 2 rings (SSSR count). The molecule has 0 aliphatic carbocycles. The summed E-state index contributed by atoms with van der Waals surface area (Å²) in [7, 11) is 0. The van der Waals surface area contributed by atoms with Crippen molar-refractivity contribution in [3.05, 3.63) is 56.4 Å². The Morgan fingerprint density at radius 1 is 1.40 bits per heavy atom. The van der Waals surface area contributed by atoms with Gasteiger partial charge in [-0.3, -0.25) is 14.9 Å². The largest absolute Gasteiger partial charge is 0.455 e. The molecule has 0 bridgehead atoms. The van der Waals surface area contributed by atoms with Crippen LogP contribution >= 0.6 is 15.9 Å². The van der Waals surface area contributed by atoms with E-state index in [-0.39, 0.29) is 18.0 Å². The molecule has 104 valence electrons. The highest BCUT2D eigenvalue weighted by molar-refractivity contribution is 9.10. The average Bonchev–Trinajstić information content (AvgIpc) is 2.89. The van der Waals surface area contributed by atoms with Crippen molar-refractivity contribution in [1.82, 2.24) is 0 Å². The molecule has 2 aromatic rings. The normalized spacial score (nSPS) is 10.3. The lowest BCUT2D eigenvalue weighted by Crippen LogP contribution is -2.11. The van der Waals surface area contributed by atoms with Crippen LogP contribution in [0.4, 0.5) is 11.4 Å². The quantitative estimate of drug-likeness (QED) is 0.656. The van der Waals surface area contributed by atoms with Gasteiger partial charge in [-0.25, -0.2) is 0 Å². The van der Waals surface area contributed by atoms with E-state index in [1.54, 1.807) is 12.1 Å². The maximum atomic E-state index is 11.9. The summed E-state index contributed by atoms with van der Waals surface area (Å²) in [5.74, 6) is 0.0780. The predicted octanol–water partition coefficient (Wildman–Crippen LogP) is 2.66. The first kappa shape index (κ1) is 14.2. The lowest BCUT2D eigenvalue weighted by Gasteiger charge is -2.04. The third-order valence-electron chi connectivity index (χ3n) is 2.49. The zero-order valence-corrected chi connectivity index (χ0v) is 11.7. The number of halogens is 1. The van der Waals surface area contributed by atoms with Gasteiger partial charge in [-0.2, -0.15) is 0 Å². The SMILES string of the molecule is NCc1ccc(C(=O)Nc2ccc(Br)c([N+](=O)[O-])c2)o1. The molecule has 0 aliphatic rings. The molecule has 1 aromatic heterocycles. The van der Waals surface area contributed by atoms with Gasteiger partial charge in [-0.1, -0.05) is 0 Å². The van der Waals surface area contributed by atoms with Gasteiger partial charge in [0.05, 0.1) is 15.9 Å². The van der Waals surface area contributed by atoms with Gasteiger partial charge >= 0.3 is 0 Å². The second-order valence-corrected chi connectivity index (χ2v) is 4.70. The van der Waals surface area contributed by atoms with E-state index >= 15 is 0 Å². The molecular formula is C12H10BrN3O4. The number of hydrogen-bond donors (Lipinski definition) is 2. The van der Waals surface area contributed by atoms with Crippen LogP contribution in [0.1, 0.15) is 16.3 Å². The van der Waals surface area contributed by atoms with E-state index in [1.807, 2.05) is 0 Å². The second kappa shape index (κ2) is 5.85. The van der Waals surface area contributed by atoms with E-state index in [4.69, 9.17) is 10.2 Å². The Balaban J connectivity index is 2.19. The first-order valence-corrected chi connectivity index (χ1v) is 6.34. The molecule has 1 aromatic carbocycles. The van der Waals surface area contributed by atoms with E-state index in [0.29, 0.717) is 15.9 Å². The fourth-order valence-corrected chi connectivity index (χ4v) is 1.92. The number of rotatable bonds is 4. The zero-order chi connectivity index (χ0) is 14.7. The number of anilines is 1. The Morgan fingerprint density at radius 2 is 2.15 bits per heavy atom. The highest BCUT2D eigenvalue weighted by Gasteiger charge is 2.15. The number of furan rings is 1. The van der Waals surface area contributed by atoms with Gasteiger partial charge in [0.2, 0.25) is 0 Å². The minimum atomic E-state index is -0.543. The van der Waals surface area contributed by atoms with Crippen molar-refractivity contribution in [2.75, 3.05) is 5.32 Å². The molecule has 0 atom stereocenters. The Kier molecular flexibility index (Phi) is 4.16. The number of carbonyl (C=O) groups excluding carboxylic acids is 1. The fraction of sp³-hybridized carbons (Fsp3) is 0.0833. The van der Waals surface area contributed by atoms with Gasteiger partial charge < -0.3 is 15.5 Å². The summed E-state index contributed by atoms with van der Waals surface area (Å²) in [6, 6.07) is 7.38. The van der Waals surface area contributed by atoms with Crippen LogP contribution in [0.5, 0.6) is 0 Å². The van der Waals surface area contributed by atoms with Crippen LogP contribution in [0, 0.1) is 10.1 Å². The fourth-order valence-electron chi connectivity index (χ4n) is 1.53.